The molecule has 0 fully saturated rings. The maximum Gasteiger partial charge on any atom is 0.256 e. The maximum absolute atomic E-state index is 11.6. The lowest BCUT2D eigenvalue weighted by Gasteiger charge is -1.99. The molecule has 0 saturated carbocycles. The lowest BCUT2D eigenvalue weighted by Crippen LogP contribution is -2.04. The van der Waals surface area contributed by atoms with E-state index in [9.17, 15) is 4.79 Å². The highest BCUT2D eigenvalue weighted by Crippen LogP contribution is 2.33. The van der Waals surface area contributed by atoms with E-state index in [1.54, 1.807) is 6.08 Å². The first-order valence-corrected chi connectivity index (χ1v) is 4.48. The number of benzene rings is 1. The summed E-state index contributed by atoms with van der Waals surface area (Å²) in [5, 5.41) is 2.82. The summed E-state index contributed by atoms with van der Waals surface area (Å²) in [6.45, 7) is 5.57. The molecule has 1 aliphatic rings. The van der Waals surface area contributed by atoms with Gasteiger partial charge < -0.3 is 5.32 Å². The fourth-order valence-electron chi connectivity index (χ4n) is 1.61. The van der Waals surface area contributed by atoms with Gasteiger partial charge in [0.2, 0.25) is 0 Å². The van der Waals surface area contributed by atoms with E-state index in [1.165, 1.54) is 0 Å². The zero-order valence-electron chi connectivity index (χ0n) is 8.00. The van der Waals surface area contributed by atoms with Crippen LogP contribution in [0.3, 0.4) is 0 Å². The van der Waals surface area contributed by atoms with Gasteiger partial charge in [0, 0.05) is 11.3 Å². The van der Waals surface area contributed by atoms with E-state index in [2.05, 4.69) is 11.9 Å². The number of carbonyl (C=O) groups is 1. The van der Waals surface area contributed by atoms with Crippen LogP contribution in [0, 0.1) is 0 Å². The Balaban J connectivity index is 2.66. The minimum atomic E-state index is -0.0383. The molecule has 0 spiro atoms. The number of nitrogens with one attached hydrogen (secondary N) is 1. The second-order valence-corrected chi connectivity index (χ2v) is 3.26. The van der Waals surface area contributed by atoms with Crippen molar-refractivity contribution in [3.8, 4) is 0 Å². The molecule has 1 aromatic carbocycles. The third-order valence-electron chi connectivity index (χ3n) is 2.37. The lowest BCUT2D eigenvalue weighted by molar-refractivity contribution is -0.110. The Hall–Kier alpha value is -1.83. The van der Waals surface area contributed by atoms with Gasteiger partial charge in [0.15, 0.2) is 0 Å². The van der Waals surface area contributed by atoms with Crippen LogP contribution < -0.4 is 5.32 Å². The molecule has 1 N–H and O–H groups in total. The highest BCUT2D eigenvalue weighted by molar-refractivity contribution is 6.32. The van der Waals surface area contributed by atoms with Crippen molar-refractivity contribution in [1.29, 1.82) is 0 Å². The quantitative estimate of drug-likeness (QED) is 0.669. The summed E-state index contributed by atoms with van der Waals surface area (Å²) < 4.78 is 0. The molecule has 2 nitrogen and oxygen atoms in total. The summed E-state index contributed by atoms with van der Waals surface area (Å²) in [5.41, 5.74) is 3.49. The monoisotopic (exact) mass is 185 g/mol. The van der Waals surface area contributed by atoms with Crippen LogP contribution >= 0.6 is 0 Å². The summed E-state index contributed by atoms with van der Waals surface area (Å²) in [5.74, 6) is -0.0383. The van der Waals surface area contributed by atoms with E-state index in [-0.39, 0.29) is 5.91 Å². The summed E-state index contributed by atoms with van der Waals surface area (Å²) in [7, 11) is 0. The Morgan fingerprint density at radius 2 is 2.14 bits per heavy atom. The molecule has 1 aliphatic heterocycles. The van der Waals surface area contributed by atoms with Gasteiger partial charge in [-0.2, -0.15) is 0 Å². The first kappa shape index (κ1) is 8.75. The zero-order chi connectivity index (χ0) is 10.1. The third-order valence-corrected chi connectivity index (χ3v) is 2.37. The lowest BCUT2D eigenvalue weighted by atomic mass is 10.0. The molecule has 2 rings (SSSR count). The molecule has 0 aromatic heterocycles. The number of hydrogen-bond acceptors (Lipinski definition) is 1. The van der Waals surface area contributed by atoms with Gasteiger partial charge in [0.25, 0.3) is 5.91 Å². The van der Waals surface area contributed by atoms with Crippen LogP contribution in [-0.2, 0) is 4.79 Å². The molecule has 0 unspecified atom stereocenters. The average Bonchev–Trinajstić information content (AvgIpc) is 2.53. The fourth-order valence-corrected chi connectivity index (χ4v) is 1.61. The second-order valence-electron chi connectivity index (χ2n) is 3.26. The molecule has 70 valence electrons. The van der Waals surface area contributed by atoms with Gasteiger partial charge in [-0.1, -0.05) is 30.9 Å². The molecule has 0 radical (unpaired) electrons. The van der Waals surface area contributed by atoms with Crippen molar-refractivity contribution in [3.05, 3.63) is 48.1 Å². The molecule has 0 aliphatic carbocycles. The summed E-state index contributed by atoms with van der Waals surface area (Å²) in [6.07, 6.45) is 1.71. The Morgan fingerprint density at radius 1 is 1.43 bits per heavy atom. The van der Waals surface area contributed by atoms with Crippen LogP contribution in [0.4, 0.5) is 5.69 Å². The molecule has 14 heavy (non-hydrogen) atoms. The number of anilines is 1. The number of fused-ring (bicyclic) bond motifs is 1. The molecular weight excluding hydrogens is 174 g/mol. The van der Waals surface area contributed by atoms with Crippen molar-refractivity contribution in [3.63, 3.8) is 0 Å². The maximum atomic E-state index is 11.6. The number of carbonyl (C=O) groups excluding carboxylic acids is 1. The van der Waals surface area contributed by atoms with Crippen LogP contribution in [0.25, 0.3) is 5.57 Å². The average molecular weight is 185 g/mol. The van der Waals surface area contributed by atoms with Crippen molar-refractivity contribution in [2.45, 2.75) is 6.92 Å². The van der Waals surface area contributed by atoms with Gasteiger partial charge in [0.05, 0.1) is 5.57 Å². The number of hydrogen-bond donors (Lipinski definition) is 1. The largest absolute Gasteiger partial charge is 0.321 e. The predicted molar refractivity (Wildman–Crippen MR) is 57.9 cm³/mol. The standard InChI is InChI=1S/C12H11NO/c1-3-8(2)11-9-6-4-5-7-10(9)13-12(11)14/h3-7H,1H2,2H3,(H,13,14)/b11-8-. The van der Waals surface area contributed by atoms with Crippen LogP contribution in [-0.4, -0.2) is 5.91 Å². The highest BCUT2D eigenvalue weighted by atomic mass is 16.2. The number of para-hydroxylation sites is 1. The Labute approximate surface area is 82.9 Å². The molecule has 0 saturated heterocycles. The van der Waals surface area contributed by atoms with Gasteiger partial charge in [0.1, 0.15) is 0 Å². The SMILES string of the molecule is C=C/C(C)=C1\C(=O)Nc2ccccc21. The van der Waals surface area contributed by atoms with Crippen LogP contribution in [0.5, 0.6) is 0 Å². The van der Waals surface area contributed by atoms with E-state index in [1.807, 2.05) is 31.2 Å². The third kappa shape index (κ3) is 1.16. The predicted octanol–water partition coefficient (Wildman–Crippen LogP) is 2.60. The summed E-state index contributed by atoms with van der Waals surface area (Å²) in [6, 6.07) is 7.67. The van der Waals surface area contributed by atoms with Gasteiger partial charge in [-0.3, -0.25) is 4.79 Å². The minimum absolute atomic E-state index is 0.0383. The molecule has 1 heterocycles. The first-order chi connectivity index (χ1) is 6.74. The molecule has 1 amide bonds. The Bertz CT molecular complexity index is 443. The summed E-state index contributed by atoms with van der Waals surface area (Å²) >= 11 is 0. The number of allylic oxidation sites excluding steroid dienone is 2. The highest BCUT2D eigenvalue weighted by Gasteiger charge is 2.24. The molecule has 1 aromatic rings. The van der Waals surface area contributed by atoms with E-state index >= 15 is 0 Å². The van der Waals surface area contributed by atoms with E-state index in [4.69, 9.17) is 0 Å². The van der Waals surface area contributed by atoms with Crippen LogP contribution in [0.1, 0.15) is 12.5 Å². The van der Waals surface area contributed by atoms with Crippen molar-refractivity contribution in [2.24, 2.45) is 0 Å². The smallest absolute Gasteiger partial charge is 0.256 e. The topological polar surface area (TPSA) is 29.1 Å². The summed E-state index contributed by atoms with van der Waals surface area (Å²) in [4.78, 5) is 11.6. The van der Waals surface area contributed by atoms with Crippen molar-refractivity contribution in [1.82, 2.24) is 0 Å². The van der Waals surface area contributed by atoms with Gasteiger partial charge in [-0.05, 0) is 18.6 Å². The van der Waals surface area contributed by atoms with Crippen molar-refractivity contribution < 1.29 is 4.79 Å². The van der Waals surface area contributed by atoms with Gasteiger partial charge in [-0.15, -0.1) is 0 Å². The Kier molecular flexibility index (Phi) is 1.97. The molecule has 2 heteroatoms. The van der Waals surface area contributed by atoms with Gasteiger partial charge >= 0.3 is 0 Å². The fraction of sp³-hybridized carbons (Fsp3) is 0.0833. The number of rotatable bonds is 1. The van der Waals surface area contributed by atoms with Crippen LogP contribution in [0.15, 0.2) is 42.5 Å². The minimum Gasteiger partial charge on any atom is -0.321 e. The van der Waals surface area contributed by atoms with Crippen molar-refractivity contribution in [2.75, 3.05) is 5.32 Å². The van der Waals surface area contributed by atoms with E-state index in [0.29, 0.717) is 0 Å². The first-order valence-electron chi connectivity index (χ1n) is 4.48. The van der Waals surface area contributed by atoms with E-state index in [0.717, 1.165) is 22.4 Å². The molecular formula is C12H11NO. The van der Waals surface area contributed by atoms with E-state index < -0.39 is 0 Å². The second kappa shape index (κ2) is 3.14. The molecule has 0 atom stereocenters. The van der Waals surface area contributed by atoms with Crippen LogP contribution in [0.2, 0.25) is 0 Å². The van der Waals surface area contributed by atoms with Crippen molar-refractivity contribution >= 4 is 17.2 Å². The Morgan fingerprint density at radius 3 is 2.86 bits per heavy atom. The molecule has 0 bridgehead atoms. The zero-order valence-corrected chi connectivity index (χ0v) is 8.00. The normalized spacial score (nSPS) is 17.4. The number of amides is 1. The van der Waals surface area contributed by atoms with Gasteiger partial charge in [-0.25, -0.2) is 0 Å².